The van der Waals surface area contributed by atoms with E-state index in [-0.39, 0.29) is 34.5 Å². The fraction of sp³-hybridized carbons (Fsp3) is 0.353. The number of nitrogens with zero attached hydrogens (tertiary/aromatic N) is 1. The molecule has 1 heterocycles. The maximum Gasteiger partial charge on any atom is 0.269 e. The third kappa shape index (κ3) is 3.11. The lowest BCUT2D eigenvalue weighted by Crippen LogP contribution is -2.24. The SMILES string of the molecule is CCn1c(-c2c(F)cc(OC)cc2F)c(C(C)C)cc(Cl)c1=O. The van der Waals surface area contributed by atoms with Crippen LogP contribution in [0, 0.1) is 11.6 Å². The molecule has 0 N–H and O–H groups in total. The number of methoxy groups -OCH3 is 1. The number of pyridine rings is 1. The van der Waals surface area contributed by atoms with Crippen molar-refractivity contribution in [1.82, 2.24) is 4.57 Å². The molecule has 0 aliphatic rings. The van der Waals surface area contributed by atoms with E-state index in [2.05, 4.69) is 0 Å². The monoisotopic (exact) mass is 341 g/mol. The van der Waals surface area contributed by atoms with Gasteiger partial charge in [0, 0.05) is 18.7 Å². The highest BCUT2D eigenvalue weighted by atomic mass is 35.5. The highest BCUT2D eigenvalue weighted by Gasteiger charge is 2.23. The number of ether oxygens (including phenoxy) is 1. The summed E-state index contributed by atoms with van der Waals surface area (Å²) in [6.45, 7) is 5.72. The lowest BCUT2D eigenvalue weighted by atomic mass is 9.95. The second-order valence-electron chi connectivity index (χ2n) is 5.47. The molecule has 1 aromatic heterocycles. The number of halogens is 3. The van der Waals surface area contributed by atoms with Crippen LogP contribution in [0.1, 0.15) is 32.3 Å². The Balaban J connectivity index is 2.93. The minimum Gasteiger partial charge on any atom is -0.497 e. The summed E-state index contributed by atoms with van der Waals surface area (Å²) in [7, 11) is 1.33. The van der Waals surface area contributed by atoms with Gasteiger partial charge < -0.3 is 9.30 Å². The lowest BCUT2D eigenvalue weighted by Gasteiger charge is -2.20. The highest BCUT2D eigenvalue weighted by molar-refractivity contribution is 6.30. The molecule has 0 saturated carbocycles. The quantitative estimate of drug-likeness (QED) is 0.814. The zero-order valence-corrected chi connectivity index (χ0v) is 14.2. The normalized spacial score (nSPS) is 11.1. The second kappa shape index (κ2) is 6.71. The molecule has 1 aromatic carbocycles. The summed E-state index contributed by atoms with van der Waals surface area (Å²) in [5, 5.41) is 0.0358. The van der Waals surface area contributed by atoms with Gasteiger partial charge in [-0.25, -0.2) is 8.78 Å². The molecule has 0 spiro atoms. The third-order valence-corrected chi connectivity index (χ3v) is 3.97. The Hall–Kier alpha value is -1.88. The van der Waals surface area contributed by atoms with Crippen LogP contribution in [-0.4, -0.2) is 11.7 Å². The zero-order valence-electron chi connectivity index (χ0n) is 13.4. The van der Waals surface area contributed by atoms with E-state index in [4.69, 9.17) is 16.3 Å². The Morgan fingerprint density at radius 3 is 2.22 bits per heavy atom. The van der Waals surface area contributed by atoms with Crippen LogP contribution in [0.3, 0.4) is 0 Å². The molecule has 0 bridgehead atoms. The number of rotatable bonds is 4. The van der Waals surface area contributed by atoms with Crippen molar-refractivity contribution < 1.29 is 13.5 Å². The van der Waals surface area contributed by atoms with Crippen LogP contribution in [0.2, 0.25) is 5.02 Å². The van der Waals surface area contributed by atoms with Gasteiger partial charge in [-0.3, -0.25) is 4.79 Å². The van der Waals surface area contributed by atoms with Crippen molar-refractivity contribution in [2.45, 2.75) is 33.2 Å². The molecule has 0 amide bonds. The molecule has 0 fully saturated rings. The van der Waals surface area contributed by atoms with E-state index < -0.39 is 17.2 Å². The number of benzene rings is 1. The molecule has 0 saturated heterocycles. The van der Waals surface area contributed by atoms with Crippen molar-refractivity contribution in [3.8, 4) is 17.0 Å². The number of hydrogen-bond acceptors (Lipinski definition) is 2. The van der Waals surface area contributed by atoms with Crippen molar-refractivity contribution in [3.63, 3.8) is 0 Å². The van der Waals surface area contributed by atoms with E-state index in [0.29, 0.717) is 5.56 Å². The van der Waals surface area contributed by atoms with Gasteiger partial charge in [0.1, 0.15) is 22.4 Å². The Kier molecular flexibility index (Phi) is 5.09. The predicted molar refractivity (Wildman–Crippen MR) is 87.4 cm³/mol. The molecule has 3 nitrogen and oxygen atoms in total. The first kappa shape index (κ1) is 17.5. The van der Waals surface area contributed by atoms with Crippen LogP contribution in [-0.2, 0) is 6.54 Å². The molecule has 0 aliphatic carbocycles. The van der Waals surface area contributed by atoms with E-state index in [9.17, 15) is 13.6 Å². The first-order chi connectivity index (χ1) is 10.8. The Morgan fingerprint density at radius 1 is 1.22 bits per heavy atom. The van der Waals surface area contributed by atoms with Gasteiger partial charge in [-0.1, -0.05) is 25.4 Å². The summed E-state index contributed by atoms with van der Waals surface area (Å²) in [4.78, 5) is 12.3. The fourth-order valence-corrected chi connectivity index (χ4v) is 2.79. The van der Waals surface area contributed by atoms with E-state index in [1.54, 1.807) is 6.92 Å². The Labute approximate surface area is 138 Å². The van der Waals surface area contributed by atoms with Crippen molar-refractivity contribution in [2.24, 2.45) is 0 Å². The minimum absolute atomic E-state index is 0.0358. The fourth-order valence-electron chi connectivity index (χ4n) is 2.57. The molecular formula is C17H18ClF2NO2. The third-order valence-electron chi connectivity index (χ3n) is 3.70. The van der Waals surface area contributed by atoms with Crippen LogP contribution in [0.5, 0.6) is 5.75 Å². The van der Waals surface area contributed by atoms with Crippen molar-refractivity contribution in [3.05, 3.63) is 50.8 Å². The molecule has 0 unspecified atom stereocenters. The molecule has 124 valence electrons. The Morgan fingerprint density at radius 2 is 1.78 bits per heavy atom. The first-order valence-electron chi connectivity index (χ1n) is 7.28. The Bertz CT molecular complexity index is 777. The minimum atomic E-state index is -0.785. The molecule has 0 radical (unpaired) electrons. The summed E-state index contributed by atoms with van der Waals surface area (Å²) in [6, 6.07) is 3.68. The van der Waals surface area contributed by atoms with E-state index in [0.717, 1.165) is 12.1 Å². The molecule has 0 atom stereocenters. The van der Waals surface area contributed by atoms with E-state index in [1.165, 1.54) is 17.7 Å². The van der Waals surface area contributed by atoms with Crippen molar-refractivity contribution in [2.75, 3.05) is 7.11 Å². The van der Waals surface area contributed by atoms with Gasteiger partial charge in [0.15, 0.2) is 0 Å². The molecule has 6 heteroatoms. The molecule has 23 heavy (non-hydrogen) atoms. The van der Waals surface area contributed by atoms with E-state index >= 15 is 0 Å². The van der Waals surface area contributed by atoms with Gasteiger partial charge in [0.05, 0.1) is 18.4 Å². The number of aromatic nitrogens is 1. The lowest BCUT2D eigenvalue weighted by molar-refractivity contribution is 0.407. The van der Waals surface area contributed by atoms with Crippen molar-refractivity contribution >= 4 is 11.6 Å². The van der Waals surface area contributed by atoms with Gasteiger partial charge in [-0.05, 0) is 24.5 Å². The zero-order chi connectivity index (χ0) is 17.3. The van der Waals surface area contributed by atoms with Crippen LogP contribution in [0.25, 0.3) is 11.3 Å². The van der Waals surface area contributed by atoms with Gasteiger partial charge in [-0.15, -0.1) is 0 Å². The van der Waals surface area contributed by atoms with Crippen molar-refractivity contribution in [1.29, 1.82) is 0 Å². The van der Waals surface area contributed by atoms with Gasteiger partial charge >= 0.3 is 0 Å². The van der Waals surface area contributed by atoms with Crippen LogP contribution >= 0.6 is 11.6 Å². The van der Waals surface area contributed by atoms with Gasteiger partial charge in [0.25, 0.3) is 5.56 Å². The summed E-state index contributed by atoms with van der Waals surface area (Å²) in [6.07, 6.45) is 0. The predicted octanol–water partition coefficient (Wildman–Crippen LogP) is 4.60. The largest absolute Gasteiger partial charge is 0.497 e. The van der Waals surface area contributed by atoms with E-state index in [1.807, 2.05) is 13.8 Å². The highest BCUT2D eigenvalue weighted by Crippen LogP contribution is 2.35. The molecular weight excluding hydrogens is 324 g/mol. The second-order valence-corrected chi connectivity index (χ2v) is 5.87. The smallest absolute Gasteiger partial charge is 0.269 e. The summed E-state index contributed by atoms with van der Waals surface area (Å²) < 4.78 is 35.2. The van der Waals surface area contributed by atoms with Crippen LogP contribution in [0.4, 0.5) is 8.78 Å². The molecule has 2 aromatic rings. The molecule has 2 rings (SSSR count). The average Bonchev–Trinajstić information content (AvgIpc) is 2.49. The summed E-state index contributed by atoms with van der Waals surface area (Å²) in [5.74, 6) is -1.56. The standard InChI is InChI=1S/C17H18ClF2NO2/c1-5-21-16(11(9(2)3)8-12(18)17(21)22)15-13(19)6-10(23-4)7-14(15)20/h6-9H,5H2,1-4H3. The number of hydrogen-bond donors (Lipinski definition) is 0. The first-order valence-corrected chi connectivity index (χ1v) is 7.66. The summed E-state index contributed by atoms with van der Waals surface area (Å²) in [5.41, 5.74) is 0.113. The maximum absolute atomic E-state index is 14.5. The molecule has 0 aliphatic heterocycles. The van der Waals surface area contributed by atoms with Crippen LogP contribution in [0.15, 0.2) is 23.0 Å². The average molecular weight is 342 g/mol. The maximum atomic E-state index is 14.5. The van der Waals surface area contributed by atoms with Crippen LogP contribution < -0.4 is 10.3 Å². The van der Waals surface area contributed by atoms with Gasteiger partial charge in [0.2, 0.25) is 0 Å². The summed E-state index contributed by atoms with van der Waals surface area (Å²) >= 11 is 5.99. The topological polar surface area (TPSA) is 31.2 Å². The van der Waals surface area contributed by atoms with Gasteiger partial charge in [-0.2, -0.15) is 0 Å².